The Hall–Kier alpha value is -0.450. The van der Waals surface area contributed by atoms with Gasteiger partial charge in [-0.1, -0.05) is 13.8 Å². The van der Waals surface area contributed by atoms with Crippen LogP contribution in [0.3, 0.4) is 0 Å². The number of hydrogen-bond acceptors (Lipinski definition) is 4. The summed E-state index contributed by atoms with van der Waals surface area (Å²) >= 11 is 0. The molecular weight excluding hydrogens is 336 g/mol. The van der Waals surface area contributed by atoms with Gasteiger partial charge in [0.05, 0.1) is 6.10 Å². The second-order valence-electron chi connectivity index (χ2n) is 10.9. The molecule has 152 valence electrons. The highest BCUT2D eigenvalue weighted by Gasteiger charge is 2.61. The van der Waals surface area contributed by atoms with Crippen LogP contribution in [0.15, 0.2) is 0 Å². The molecule has 4 nitrogen and oxygen atoms in total. The predicted molar refractivity (Wildman–Crippen MR) is 106 cm³/mol. The first-order valence-electron chi connectivity index (χ1n) is 11.6. The molecule has 4 aliphatic carbocycles. The number of nitrogens with zero attached hydrogens (tertiary/aromatic N) is 1. The molecule has 4 unspecified atom stereocenters. The number of Topliss-reactive ketones (excluding diaryl/α,β-unsaturated/α-hetero) is 1. The van der Waals surface area contributed by atoms with Crippen LogP contribution in [0.5, 0.6) is 0 Å². The molecule has 1 heterocycles. The van der Waals surface area contributed by atoms with Crippen molar-refractivity contribution in [2.75, 3.05) is 26.2 Å². The van der Waals surface area contributed by atoms with Crippen molar-refractivity contribution in [3.8, 4) is 0 Å². The first kappa shape index (κ1) is 18.6. The molecule has 5 fully saturated rings. The minimum Gasteiger partial charge on any atom is -0.391 e. The van der Waals surface area contributed by atoms with Gasteiger partial charge in [0.25, 0.3) is 0 Å². The Bertz CT molecular complexity index is 603. The summed E-state index contributed by atoms with van der Waals surface area (Å²) in [5.41, 5.74) is 0.334. The fourth-order valence-electron chi connectivity index (χ4n) is 8.43. The van der Waals surface area contributed by atoms with Crippen LogP contribution in [0.1, 0.15) is 65.2 Å². The maximum Gasteiger partial charge on any atom is 0.139 e. The van der Waals surface area contributed by atoms with E-state index < -0.39 is 0 Å². The Kier molecular flexibility index (Phi) is 4.49. The van der Waals surface area contributed by atoms with E-state index >= 15 is 0 Å². The summed E-state index contributed by atoms with van der Waals surface area (Å²) in [7, 11) is 0. The molecule has 0 amide bonds. The SMILES string of the molecule is C[C@]12C[C@H](N3CCNCC3)[C@@H](O)CC1CCC1C2CC[C@]2(C)C(=O)CCC12. The Morgan fingerprint density at radius 2 is 1.85 bits per heavy atom. The highest BCUT2D eigenvalue weighted by Crippen LogP contribution is 2.65. The minimum atomic E-state index is -0.153. The Balaban J connectivity index is 1.41. The number of piperazine rings is 1. The van der Waals surface area contributed by atoms with Gasteiger partial charge in [0.2, 0.25) is 0 Å². The molecule has 0 aromatic rings. The van der Waals surface area contributed by atoms with Gasteiger partial charge in [-0.3, -0.25) is 9.69 Å². The van der Waals surface area contributed by atoms with Crippen molar-refractivity contribution in [1.29, 1.82) is 0 Å². The fraction of sp³-hybridized carbons (Fsp3) is 0.957. The fourth-order valence-corrected chi connectivity index (χ4v) is 8.43. The summed E-state index contributed by atoms with van der Waals surface area (Å²) in [4.78, 5) is 15.2. The molecule has 4 heteroatoms. The van der Waals surface area contributed by atoms with E-state index in [1.807, 2.05) is 0 Å². The van der Waals surface area contributed by atoms with Gasteiger partial charge >= 0.3 is 0 Å². The molecule has 1 saturated heterocycles. The zero-order valence-electron chi connectivity index (χ0n) is 17.3. The highest BCUT2D eigenvalue weighted by molar-refractivity contribution is 5.87. The molecule has 27 heavy (non-hydrogen) atoms. The lowest BCUT2D eigenvalue weighted by atomic mass is 9.44. The van der Waals surface area contributed by atoms with Crippen LogP contribution in [-0.2, 0) is 4.79 Å². The summed E-state index contributed by atoms with van der Waals surface area (Å²) in [5.74, 6) is 3.37. The second kappa shape index (κ2) is 6.53. The van der Waals surface area contributed by atoms with Crippen LogP contribution in [0.2, 0.25) is 0 Å². The summed E-state index contributed by atoms with van der Waals surface area (Å²) in [6, 6.07) is 0.339. The van der Waals surface area contributed by atoms with Crippen molar-refractivity contribution >= 4 is 5.78 Å². The molecule has 1 aliphatic heterocycles. The van der Waals surface area contributed by atoms with Gasteiger partial charge in [-0.25, -0.2) is 0 Å². The monoisotopic (exact) mass is 374 g/mol. The second-order valence-corrected chi connectivity index (χ2v) is 10.9. The quantitative estimate of drug-likeness (QED) is 0.741. The predicted octanol–water partition coefficient (Wildman–Crippen LogP) is 2.84. The third-order valence-electron chi connectivity index (χ3n) is 10.0. The number of carbonyl (C=O) groups is 1. The molecule has 0 radical (unpaired) electrons. The van der Waals surface area contributed by atoms with Crippen molar-refractivity contribution in [2.45, 2.75) is 77.4 Å². The zero-order valence-corrected chi connectivity index (χ0v) is 17.3. The largest absolute Gasteiger partial charge is 0.391 e. The molecule has 5 aliphatic rings. The van der Waals surface area contributed by atoms with E-state index in [2.05, 4.69) is 24.1 Å². The normalized spacial score (nSPS) is 53.5. The van der Waals surface area contributed by atoms with E-state index in [0.717, 1.165) is 70.1 Å². The van der Waals surface area contributed by atoms with Crippen molar-refractivity contribution in [3.05, 3.63) is 0 Å². The maximum atomic E-state index is 12.6. The summed E-state index contributed by atoms with van der Waals surface area (Å²) in [5, 5.41) is 14.4. The van der Waals surface area contributed by atoms with Crippen molar-refractivity contribution in [2.24, 2.45) is 34.5 Å². The lowest BCUT2D eigenvalue weighted by Gasteiger charge is -2.62. The van der Waals surface area contributed by atoms with Gasteiger partial charge in [0.1, 0.15) is 5.78 Å². The number of fused-ring (bicyclic) bond motifs is 5. The molecule has 0 bridgehead atoms. The lowest BCUT2D eigenvalue weighted by molar-refractivity contribution is -0.153. The summed E-state index contributed by atoms with van der Waals surface area (Å²) in [6.07, 6.45) is 8.88. The topological polar surface area (TPSA) is 52.6 Å². The van der Waals surface area contributed by atoms with Crippen LogP contribution in [0.4, 0.5) is 0 Å². The average molecular weight is 375 g/mol. The van der Waals surface area contributed by atoms with Crippen molar-refractivity contribution < 1.29 is 9.90 Å². The maximum absolute atomic E-state index is 12.6. The number of ketones is 1. The smallest absolute Gasteiger partial charge is 0.139 e. The van der Waals surface area contributed by atoms with Crippen LogP contribution in [0, 0.1) is 34.5 Å². The number of carbonyl (C=O) groups excluding carboxylic acids is 1. The number of aliphatic hydroxyl groups excluding tert-OH is 1. The van der Waals surface area contributed by atoms with Gasteiger partial charge < -0.3 is 10.4 Å². The third kappa shape index (κ3) is 2.69. The molecule has 4 saturated carbocycles. The molecular formula is C23H38N2O2. The number of aliphatic hydroxyl groups is 1. The van der Waals surface area contributed by atoms with Crippen LogP contribution < -0.4 is 5.32 Å². The van der Waals surface area contributed by atoms with Crippen LogP contribution in [-0.4, -0.2) is 54.1 Å². The van der Waals surface area contributed by atoms with E-state index in [1.165, 1.54) is 19.3 Å². The first-order valence-corrected chi connectivity index (χ1v) is 11.6. The number of hydrogen-bond donors (Lipinski definition) is 2. The van der Waals surface area contributed by atoms with Gasteiger partial charge in [-0.15, -0.1) is 0 Å². The molecule has 2 N–H and O–H groups in total. The third-order valence-corrected chi connectivity index (χ3v) is 10.0. The number of nitrogens with one attached hydrogen (secondary N) is 1. The molecule has 5 rings (SSSR count). The standard InChI is InChI=1S/C23H38N2O2/c1-22-8-7-18-16(17(22)5-6-21(22)27)4-3-15-13-20(26)19(14-23(15,18)2)25-11-9-24-10-12-25/h15-20,24,26H,3-14H2,1-2H3/t15?,16?,17?,18?,19-,20-,22-,23-/m0/s1. The first-order chi connectivity index (χ1) is 12.9. The average Bonchev–Trinajstić information content (AvgIpc) is 2.97. The van der Waals surface area contributed by atoms with Gasteiger partial charge in [-0.05, 0) is 74.0 Å². The van der Waals surface area contributed by atoms with E-state index in [4.69, 9.17) is 0 Å². The molecule has 0 spiro atoms. The van der Waals surface area contributed by atoms with Gasteiger partial charge in [0, 0.05) is 44.1 Å². The summed E-state index contributed by atoms with van der Waals surface area (Å²) in [6.45, 7) is 9.11. The van der Waals surface area contributed by atoms with Gasteiger partial charge in [-0.2, -0.15) is 0 Å². The van der Waals surface area contributed by atoms with Gasteiger partial charge in [0.15, 0.2) is 0 Å². The van der Waals surface area contributed by atoms with E-state index in [0.29, 0.717) is 29.1 Å². The van der Waals surface area contributed by atoms with Crippen LogP contribution >= 0.6 is 0 Å². The van der Waals surface area contributed by atoms with E-state index in [-0.39, 0.29) is 11.5 Å². The van der Waals surface area contributed by atoms with Crippen LogP contribution in [0.25, 0.3) is 0 Å². The van der Waals surface area contributed by atoms with Crippen molar-refractivity contribution in [3.63, 3.8) is 0 Å². The molecule has 0 aromatic carbocycles. The molecule has 0 aromatic heterocycles. The van der Waals surface area contributed by atoms with Crippen molar-refractivity contribution in [1.82, 2.24) is 10.2 Å². The Morgan fingerprint density at radius 1 is 1.07 bits per heavy atom. The Labute approximate surface area is 164 Å². The van der Waals surface area contributed by atoms with E-state index in [1.54, 1.807) is 0 Å². The molecule has 8 atom stereocenters. The van der Waals surface area contributed by atoms with E-state index in [9.17, 15) is 9.90 Å². The Morgan fingerprint density at radius 3 is 2.63 bits per heavy atom. The number of rotatable bonds is 1. The zero-order chi connectivity index (χ0) is 18.8. The minimum absolute atomic E-state index is 0.0174. The lowest BCUT2D eigenvalue weighted by Crippen LogP contribution is -2.61. The summed E-state index contributed by atoms with van der Waals surface area (Å²) < 4.78 is 0. The highest BCUT2D eigenvalue weighted by atomic mass is 16.3.